The number of halogens is 1. The molecule has 1 aliphatic heterocycles. The van der Waals surface area contributed by atoms with Gasteiger partial charge in [-0.25, -0.2) is 9.18 Å². The van der Waals surface area contributed by atoms with Crippen LogP contribution in [0.4, 0.5) is 9.18 Å². The van der Waals surface area contributed by atoms with Crippen LogP contribution in [-0.2, 0) is 6.42 Å². The van der Waals surface area contributed by atoms with Gasteiger partial charge in [0.05, 0.1) is 6.04 Å². The maximum Gasteiger partial charge on any atom is 0.317 e. The van der Waals surface area contributed by atoms with E-state index in [4.69, 9.17) is 0 Å². The largest absolute Gasteiger partial charge is 0.350 e. The SMILES string of the molecule is Cc1cccc(C(=O)NCC(Cc2cccc(F)c2)N2CCNC2=O)c1. The van der Waals surface area contributed by atoms with E-state index in [2.05, 4.69) is 10.6 Å². The van der Waals surface area contributed by atoms with Crippen LogP contribution in [0.25, 0.3) is 0 Å². The molecule has 6 heteroatoms. The lowest BCUT2D eigenvalue weighted by Crippen LogP contribution is -2.46. The van der Waals surface area contributed by atoms with Gasteiger partial charge in [0.25, 0.3) is 5.91 Å². The minimum atomic E-state index is -0.309. The maximum atomic E-state index is 13.5. The van der Waals surface area contributed by atoms with Gasteiger partial charge in [-0.15, -0.1) is 0 Å². The first kappa shape index (κ1) is 17.9. The molecule has 3 rings (SSSR count). The molecule has 2 N–H and O–H groups in total. The van der Waals surface area contributed by atoms with Gasteiger partial charge >= 0.3 is 6.03 Å². The van der Waals surface area contributed by atoms with Gasteiger partial charge in [0, 0.05) is 25.2 Å². The van der Waals surface area contributed by atoms with E-state index in [-0.39, 0.29) is 23.8 Å². The highest BCUT2D eigenvalue weighted by Crippen LogP contribution is 2.13. The molecule has 1 saturated heterocycles. The van der Waals surface area contributed by atoms with Crippen LogP contribution in [0, 0.1) is 12.7 Å². The summed E-state index contributed by atoms with van der Waals surface area (Å²) in [5.41, 5.74) is 2.38. The number of benzene rings is 2. The van der Waals surface area contributed by atoms with Crippen molar-refractivity contribution in [2.24, 2.45) is 0 Å². The Hall–Kier alpha value is -2.89. The van der Waals surface area contributed by atoms with Gasteiger partial charge in [0.2, 0.25) is 0 Å². The second-order valence-corrected chi connectivity index (χ2v) is 6.49. The fourth-order valence-corrected chi connectivity index (χ4v) is 3.16. The quantitative estimate of drug-likeness (QED) is 0.836. The molecule has 136 valence electrons. The van der Waals surface area contributed by atoms with Crippen LogP contribution in [0.5, 0.6) is 0 Å². The number of nitrogens with one attached hydrogen (secondary N) is 2. The highest BCUT2D eigenvalue weighted by atomic mass is 19.1. The first-order chi connectivity index (χ1) is 12.5. The molecule has 1 fully saturated rings. The van der Waals surface area contributed by atoms with Crippen LogP contribution < -0.4 is 10.6 Å². The molecule has 1 atom stereocenters. The van der Waals surface area contributed by atoms with Crippen molar-refractivity contribution in [3.05, 3.63) is 71.0 Å². The molecule has 0 radical (unpaired) electrons. The molecule has 1 unspecified atom stereocenters. The number of carbonyl (C=O) groups excluding carboxylic acids is 2. The molecule has 2 aromatic carbocycles. The number of hydrogen-bond acceptors (Lipinski definition) is 2. The van der Waals surface area contributed by atoms with Gasteiger partial charge in [-0.3, -0.25) is 4.79 Å². The highest BCUT2D eigenvalue weighted by molar-refractivity contribution is 5.94. The average Bonchev–Trinajstić information content (AvgIpc) is 3.04. The molecule has 0 aromatic heterocycles. The molecular formula is C20H22FN3O2. The van der Waals surface area contributed by atoms with Crippen molar-refractivity contribution in [3.8, 4) is 0 Å². The van der Waals surface area contributed by atoms with E-state index in [1.165, 1.54) is 12.1 Å². The number of aryl methyl sites for hydroxylation is 1. The standard InChI is InChI=1S/C20H22FN3O2/c1-14-4-2-6-16(10-14)19(25)23-13-18(24-9-8-22-20(24)26)12-15-5-3-7-17(21)11-15/h2-7,10-11,18H,8-9,12-13H2,1H3,(H,22,26)(H,23,25). The van der Waals surface area contributed by atoms with Crippen LogP contribution in [0.15, 0.2) is 48.5 Å². The molecule has 1 aliphatic rings. The number of nitrogens with zero attached hydrogens (tertiary/aromatic N) is 1. The van der Waals surface area contributed by atoms with E-state index in [1.807, 2.05) is 31.2 Å². The van der Waals surface area contributed by atoms with Gasteiger partial charge in [0.15, 0.2) is 0 Å². The van der Waals surface area contributed by atoms with Gasteiger partial charge < -0.3 is 15.5 Å². The predicted octanol–water partition coefficient (Wildman–Crippen LogP) is 2.50. The Balaban J connectivity index is 1.71. The summed E-state index contributed by atoms with van der Waals surface area (Å²) in [4.78, 5) is 26.2. The van der Waals surface area contributed by atoms with Gasteiger partial charge in [0.1, 0.15) is 5.82 Å². The van der Waals surface area contributed by atoms with Crippen LogP contribution in [0.2, 0.25) is 0 Å². The van der Waals surface area contributed by atoms with E-state index < -0.39 is 0 Å². The Labute approximate surface area is 152 Å². The van der Waals surface area contributed by atoms with Crippen molar-refractivity contribution in [1.29, 1.82) is 0 Å². The smallest absolute Gasteiger partial charge is 0.317 e. The van der Waals surface area contributed by atoms with Crippen molar-refractivity contribution < 1.29 is 14.0 Å². The zero-order valence-electron chi connectivity index (χ0n) is 14.7. The minimum Gasteiger partial charge on any atom is -0.350 e. The molecule has 0 aliphatic carbocycles. The third-order valence-corrected chi connectivity index (χ3v) is 4.47. The number of carbonyl (C=O) groups is 2. The van der Waals surface area contributed by atoms with Crippen LogP contribution in [0.1, 0.15) is 21.5 Å². The van der Waals surface area contributed by atoms with E-state index in [0.29, 0.717) is 31.6 Å². The summed E-state index contributed by atoms with van der Waals surface area (Å²) in [6.45, 7) is 3.37. The van der Waals surface area contributed by atoms with Crippen molar-refractivity contribution in [3.63, 3.8) is 0 Å². The first-order valence-corrected chi connectivity index (χ1v) is 8.67. The summed E-state index contributed by atoms with van der Waals surface area (Å²) in [7, 11) is 0. The third kappa shape index (κ3) is 4.39. The van der Waals surface area contributed by atoms with Crippen LogP contribution in [0.3, 0.4) is 0 Å². The highest BCUT2D eigenvalue weighted by Gasteiger charge is 2.28. The third-order valence-electron chi connectivity index (χ3n) is 4.47. The Bertz CT molecular complexity index is 809. The predicted molar refractivity (Wildman–Crippen MR) is 97.5 cm³/mol. The van der Waals surface area contributed by atoms with Crippen molar-refractivity contribution in [2.45, 2.75) is 19.4 Å². The van der Waals surface area contributed by atoms with Crippen molar-refractivity contribution in [1.82, 2.24) is 15.5 Å². The fourth-order valence-electron chi connectivity index (χ4n) is 3.16. The Morgan fingerprint density at radius 1 is 1.27 bits per heavy atom. The summed E-state index contributed by atoms with van der Waals surface area (Å²) in [6.07, 6.45) is 0.472. The summed E-state index contributed by atoms with van der Waals surface area (Å²) in [5.74, 6) is -0.492. The van der Waals surface area contributed by atoms with E-state index in [1.54, 1.807) is 17.0 Å². The molecule has 2 aromatic rings. The molecule has 5 nitrogen and oxygen atoms in total. The molecule has 0 saturated carbocycles. The van der Waals surface area contributed by atoms with Crippen LogP contribution in [-0.4, -0.2) is 42.5 Å². The molecule has 26 heavy (non-hydrogen) atoms. The van der Waals surface area contributed by atoms with Gasteiger partial charge in [-0.05, 0) is 43.2 Å². The molecule has 0 spiro atoms. The summed E-state index contributed by atoms with van der Waals surface area (Å²) in [5, 5.41) is 5.68. The van der Waals surface area contributed by atoms with Gasteiger partial charge in [-0.1, -0.05) is 29.8 Å². The van der Waals surface area contributed by atoms with Crippen molar-refractivity contribution >= 4 is 11.9 Å². The Morgan fingerprint density at radius 3 is 2.77 bits per heavy atom. The fraction of sp³-hybridized carbons (Fsp3) is 0.300. The van der Waals surface area contributed by atoms with Gasteiger partial charge in [-0.2, -0.15) is 0 Å². The van der Waals surface area contributed by atoms with E-state index in [0.717, 1.165) is 11.1 Å². The lowest BCUT2D eigenvalue weighted by atomic mass is 10.0. The Kier molecular flexibility index (Phi) is 5.51. The number of hydrogen-bond donors (Lipinski definition) is 2. The lowest BCUT2D eigenvalue weighted by molar-refractivity contribution is 0.0940. The Morgan fingerprint density at radius 2 is 2.08 bits per heavy atom. The molecule has 3 amide bonds. The summed E-state index contributed by atoms with van der Waals surface area (Å²) >= 11 is 0. The normalized spacial score (nSPS) is 14.8. The topological polar surface area (TPSA) is 61.4 Å². The second kappa shape index (κ2) is 7.99. The van der Waals surface area contributed by atoms with Crippen molar-refractivity contribution in [2.75, 3.05) is 19.6 Å². The summed E-state index contributed by atoms with van der Waals surface area (Å²) in [6, 6.07) is 13.3. The minimum absolute atomic E-state index is 0.156. The number of urea groups is 1. The molecule has 1 heterocycles. The lowest BCUT2D eigenvalue weighted by Gasteiger charge is -2.27. The monoisotopic (exact) mass is 355 g/mol. The first-order valence-electron chi connectivity index (χ1n) is 8.67. The summed E-state index contributed by atoms with van der Waals surface area (Å²) < 4.78 is 13.5. The zero-order valence-corrected chi connectivity index (χ0v) is 14.7. The molecular weight excluding hydrogens is 333 g/mol. The van der Waals surface area contributed by atoms with E-state index in [9.17, 15) is 14.0 Å². The number of rotatable bonds is 6. The van der Waals surface area contributed by atoms with E-state index >= 15 is 0 Å². The van der Waals surface area contributed by atoms with Crippen LogP contribution >= 0.6 is 0 Å². The maximum absolute atomic E-state index is 13.5. The zero-order chi connectivity index (χ0) is 18.5. The second-order valence-electron chi connectivity index (χ2n) is 6.49. The average molecular weight is 355 g/mol. The molecule has 0 bridgehead atoms. The number of amides is 3.